The molecule has 8 heteroatoms. The third-order valence-corrected chi connectivity index (χ3v) is 8.03. The van der Waals surface area contributed by atoms with Crippen molar-refractivity contribution in [2.75, 3.05) is 39.0 Å². The number of nitrogens with one attached hydrogen (secondary N) is 1. The van der Waals surface area contributed by atoms with Crippen LogP contribution in [0.2, 0.25) is 0 Å². The van der Waals surface area contributed by atoms with Gasteiger partial charge in [0.1, 0.15) is 0 Å². The minimum atomic E-state index is -3.04. The first kappa shape index (κ1) is 23.9. The standard InChI is InChI=1S/C18H35N3O3S.HI/c1-5-12-24-18(9-7-6-8-10-18)14-20-16(19-4)21-11-13-25(22,23)17(2,3)15-21;/h5-15H2,1-4H3,(H,19,20);1H. The number of aliphatic imine (C=N–C) groups is 1. The summed E-state index contributed by atoms with van der Waals surface area (Å²) in [5.41, 5.74) is -0.110. The number of guanidine groups is 1. The van der Waals surface area contributed by atoms with Crippen LogP contribution in [0.25, 0.3) is 0 Å². The van der Waals surface area contributed by atoms with Gasteiger partial charge >= 0.3 is 0 Å². The van der Waals surface area contributed by atoms with E-state index in [0.29, 0.717) is 13.1 Å². The number of rotatable bonds is 5. The van der Waals surface area contributed by atoms with Crippen molar-refractivity contribution in [2.24, 2.45) is 4.99 Å². The second-order valence-corrected chi connectivity index (χ2v) is 10.7. The van der Waals surface area contributed by atoms with Gasteiger partial charge in [-0.05, 0) is 33.1 Å². The molecule has 0 bridgehead atoms. The third-order valence-electron chi connectivity index (χ3n) is 5.50. The van der Waals surface area contributed by atoms with E-state index in [1.54, 1.807) is 20.9 Å². The van der Waals surface area contributed by atoms with Gasteiger partial charge in [0.05, 0.1) is 16.1 Å². The van der Waals surface area contributed by atoms with Crippen molar-refractivity contribution in [1.29, 1.82) is 0 Å². The Bertz CT molecular complexity index is 572. The van der Waals surface area contributed by atoms with Gasteiger partial charge in [-0.25, -0.2) is 8.42 Å². The van der Waals surface area contributed by atoms with Crippen LogP contribution >= 0.6 is 24.0 Å². The number of sulfone groups is 1. The van der Waals surface area contributed by atoms with Crippen molar-refractivity contribution in [3.05, 3.63) is 0 Å². The lowest BCUT2D eigenvalue weighted by Crippen LogP contribution is -2.58. The van der Waals surface area contributed by atoms with Crippen LogP contribution < -0.4 is 5.32 Å². The maximum absolute atomic E-state index is 12.2. The highest BCUT2D eigenvalue weighted by Crippen LogP contribution is 2.31. The first-order chi connectivity index (χ1) is 11.8. The van der Waals surface area contributed by atoms with E-state index in [1.165, 1.54) is 19.3 Å². The first-order valence-electron chi connectivity index (χ1n) is 9.57. The average Bonchev–Trinajstić information content (AvgIpc) is 2.57. The Morgan fingerprint density at radius 1 is 1.23 bits per heavy atom. The van der Waals surface area contributed by atoms with Crippen LogP contribution in [0, 0.1) is 0 Å². The van der Waals surface area contributed by atoms with Crippen molar-refractivity contribution in [3.63, 3.8) is 0 Å². The highest BCUT2D eigenvalue weighted by atomic mass is 127. The van der Waals surface area contributed by atoms with Gasteiger partial charge < -0.3 is 15.0 Å². The van der Waals surface area contributed by atoms with Gasteiger partial charge in [-0.1, -0.05) is 26.2 Å². The molecule has 0 aromatic heterocycles. The molecule has 1 aliphatic carbocycles. The predicted molar refractivity (Wildman–Crippen MR) is 118 cm³/mol. The Labute approximate surface area is 176 Å². The molecule has 1 heterocycles. The molecule has 0 aromatic rings. The second kappa shape index (κ2) is 9.91. The Kier molecular flexibility index (Phi) is 9.13. The maximum atomic E-state index is 12.2. The molecule has 2 rings (SSSR count). The molecule has 0 unspecified atom stereocenters. The minimum Gasteiger partial charge on any atom is -0.373 e. The van der Waals surface area contributed by atoms with Crippen molar-refractivity contribution in [1.82, 2.24) is 10.2 Å². The van der Waals surface area contributed by atoms with E-state index < -0.39 is 14.6 Å². The molecule has 0 atom stereocenters. The minimum absolute atomic E-state index is 0. The lowest BCUT2D eigenvalue weighted by atomic mass is 9.84. The Morgan fingerprint density at radius 3 is 2.42 bits per heavy atom. The molecular formula is C18H36IN3O3S. The van der Waals surface area contributed by atoms with E-state index in [-0.39, 0.29) is 35.3 Å². The molecule has 154 valence electrons. The summed E-state index contributed by atoms with van der Waals surface area (Å²) in [6.45, 7) is 8.23. The molecular weight excluding hydrogens is 465 g/mol. The zero-order valence-electron chi connectivity index (χ0n) is 16.7. The molecule has 26 heavy (non-hydrogen) atoms. The van der Waals surface area contributed by atoms with Crippen LogP contribution in [-0.4, -0.2) is 68.7 Å². The smallest absolute Gasteiger partial charge is 0.193 e. The lowest BCUT2D eigenvalue weighted by molar-refractivity contribution is -0.0659. The predicted octanol–water partition coefficient (Wildman–Crippen LogP) is 2.82. The van der Waals surface area contributed by atoms with Gasteiger partial charge in [-0.15, -0.1) is 24.0 Å². The van der Waals surface area contributed by atoms with Gasteiger partial charge in [0.25, 0.3) is 0 Å². The molecule has 2 aliphatic rings. The van der Waals surface area contributed by atoms with Crippen LogP contribution in [0.15, 0.2) is 4.99 Å². The first-order valence-corrected chi connectivity index (χ1v) is 11.2. The third kappa shape index (κ3) is 5.70. The number of hydrogen-bond donors (Lipinski definition) is 1. The van der Waals surface area contributed by atoms with Gasteiger partial charge in [-0.2, -0.15) is 0 Å². The molecule has 1 saturated carbocycles. The summed E-state index contributed by atoms with van der Waals surface area (Å²) in [4.78, 5) is 6.47. The summed E-state index contributed by atoms with van der Waals surface area (Å²) in [5, 5.41) is 3.48. The number of ether oxygens (including phenoxy) is 1. The van der Waals surface area contributed by atoms with Crippen molar-refractivity contribution < 1.29 is 13.2 Å². The SMILES string of the molecule is CCCOC1(CNC(=NC)N2CCS(=O)(=O)C(C)(C)C2)CCCCC1.I. The van der Waals surface area contributed by atoms with Crippen LogP contribution in [0.1, 0.15) is 59.3 Å². The largest absolute Gasteiger partial charge is 0.373 e. The molecule has 1 N–H and O–H groups in total. The van der Waals surface area contributed by atoms with Gasteiger partial charge in [-0.3, -0.25) is 4.99 Å². The van der Waals surface area contributed by atoms with Crippen molar-refractivity contribution in [3.8, 4) is 0 Å². The van der Waals surface area contributed by atoms with E-state index in [0.717, 1.165) is 38.4 Å². The van der Waals surface area contributed by atoms with Gasteiger partial charge in [0.2, 0.25) is 0 Å². The van der Waals surface area contributed by atoms with Crippen LogP contribution in [0.5, 0.6) is 0 Å². The second-order valence-electron chi connectivity index (χ2n) is 7.99. The summed E-state index contributed by atoms with van der Waals surface area (Å²) >= 11 is 0. The molecule has 0 aromatic carbocycles. The summed E-state index contributed by atoms with van der Waals surface area (Å²) in [6, 6.07) is 0. The Morgan fingerprint density at radius 2 is 1.88 bits per heavy atom. The normalized spacial score (nSPS) is 24.6. The Balaban J connectivity index is 0.00000338. The zero-order chi connectivity index (χ0) is 18.6. The summed E-state index contributed by atoms with van der Waals surface area (Å²) in [6.07, 6.45) is 6.88. The molecule has 6 nitrogen and oxygen atoms in total. The molecule has 1 saturated heterocycles. The van der Waals surface area contributed by atoms with E-state index in [4.69, 9.17) is 4.74 Å². The molecule has 0 spiro atoms. The van der Waals surface area contributed by atoms with Crippen LogP contribution in [0.3, 0.4) is 0 Å². The van der Waals surface area contributed by atoms with E-state index in [1.807, 2.05) is 0 Å². The highest BCUT2D eigenvalue weighted by molar-refractivity contribution is 14.0. The summed E-state index contributed by atoms with van der Waals surface area (Å²) in [5.74, 6) is 0.964. The van der Waals surface area contributed by atoms with Gasteiger partial charge in [0.15, 0.2) is 15.8 Å². The molecule has 0 radical (unpaired) electrons. The maximum Gasteiger partial charge on any atom is 0.193 e. The molecule has 1 aliphatic heterocycles. The summed E-state index contributed by atoms with van der Waals surface area (Å²) < 4.78 is 30.0. The highest BCUT2D eigenvalue weighted by Gasteiger charge is 2.41. The van der Waals surface area contributed by atoms with Crippen LogP contribution in [0.4, 0.5) is 0 Å². The monoisotopic (exact) mass is 501 g/mol. The lowest BCUT2D eigenvalue weighted by Gasteiger charge is -2.41. The zero-order valence-corrected chi connectivity index (χ0v) is 19.9. The molecule has 0 amide bonds. The Hall–Kier alpha value is -0.0900. The fraction of sp³-hybridized carbons (Fsp3) is 0.944. The summed E-state index contributed by atoms with van der Waals surface area (Å²) in [7, 11) is -1.28. The van der Waals surface area contributed by atoms with Crippen LogP contribution in [-0.2, 0) is 14.6 Å². The topological polar surface area (TPSA) is 71.0 Å². The van der Waals surface area contributed by atoms with E-state index in [9.17, 15) is 8.42 Å². The van der Waals surface area contributed by atoms with E-state index in [2.05, 4.69) is 22.1 Å². The fourth-order valence-electron chi connectivity index (χ4n) is 3.78. The average molecular weight is 501 g/mol. The fourth-order valence-corrected chi connectivity index (χ4v) is 5.15. The number of hydrogen-bond acceptors (Lipinski definition) is 4. The van der Waals surface area contributed by atoms with Crippen molar-refractivity contribution in [2.45, 2.75) is 69.6 Å². The quantitative estimate of drug-likeness (QED) is 0.357. The van der Waals surface area contributed by atoms with E-state index >= 15 is 0 Å². The number of nitrogens with zero attached hydrogens (tertiary/aromatic N) is 2. The molecule has 2 fully saturated rings. The van der Waals surface area contributed by atoms with Gasteiger partial charge in [0, 0.05) is 33.3 Å². The number of halogens is 1. The van der Waals surface area contributed by atoms with Crippen molar-refractivity contribution >= 4 is 39.8 Å².